The normalized spacial score (nSPS) is 12.8. The minimum Gasteiger partial charge on any atom is -0.465 e. The van der Waals surface area contributed by atoms with Crippen LogP contribution < -0.4 is 5.32 Å². The van der Waals surface area contributed by atoms with Crippen molar-refractivity contribution >= 4 is 11.9 Å². The fourth-order valence-corrected chi connectivity index (χ4v) is 6.77. The number of esters is 2. The number of carbonyl (C=O) groups is 2. The number of nitrogens with one attached hydrogen (secondary N) is 1. The molecule has 0 amide bonds. The summed E-state index contributed by atoms with van der Waals surface area (Å²) in [6.07, 6.45) is 32.6. The SMILES string of the molecule is CCCCCCC(CCCC)COC(=O)CCCCCCCN(CCCCCCCC(=O)OCC(CCCC)CCCCCC)CCNC. The predicted molar refractivity (Wildman–Crippen MR) is 211 cm³/mol. The topological polar surface area (TPSA) is 67.9 Å². The fraction of sp³-hybridized carbons (Fsp3) is 0.953. The maximum atomic E-state index is 12.4. The summed E-state index contributed by atoms with van der Waals surface area (Å²) in [5.74, 6) is 1.11. The average molecular weight is 695 g/mol. The zero-order valence-electron chi connectivity index (χ0n) is 33.8. The van der Waals surface area contributed by atoms with Crippen LogP contribution in [0.25, 0.3) is 0 Å². The molecule has 6 nitrogen and oxygen atoms in total. The van der Waals surface area contributed by atoms with Crippen LogP contribution in [0.5, 0.6) is 0 Å². The first kappa shape index (κ1) is 47.9. The quantitative estimate of drug-likeness (QED) is 0.0510. The lowest BCUT2D eigenvalue weighted by Gasteiger charge is -2.22. The summed E-state index contributed by atoms with van der Waals surface area (Å²) in [4.78, 5) is 27.3. The third-order valence-corrected chi connectivity index (χ3v) is 10.2. The van der Waals surface area contributed by atoms with Gasteiger partial charge in [-0.1, -0.05) is 143 Å². The molecule has 0 aliphatic carbocycles. The standard InChI is InChI=1S/C43H86N2O4/c1-6-10-14-22-30-40(28-12-8-3)38-48-42(46)32-24-18-16-20-26-35-45(37-34-44-5)36-27-21-17-19-25-33-43(47)49-39-41(29-13-9-4)31-23-15-11-7-2/h40-41,44H,6-39H2,1-5H3. The first-order valence-electron chi connectivity index (χ1n) is 21.7. The third kappa shape index (κ3) is 33.7. The summed E-state index contributed by atoms with van der Waals surface area (Å²) in [5, 5.41) is 3.31. The van der Waals surface area contributed by atoms with Crippen LogP contribution in [-0.4, -0.2) is 63.3 Å². The highest BCUT2D eigenvalue weighted by Crippen LogP contribution is 2.20. The molecule has 0 aliphatic heterocycles. The number of likely N-dealkylation sites (N-methyl/N-ethyl adjacent to an activating group) is 1. The summed E-state index contributed by atoms with van der Waals surface area (Å²) in [6, 6.07) is 0. The van der Waals surface area contributed by atoms with Gasteiger partial charge < -0.3 is 19.7 Å². The van der Waals surface area contributed by atoms with Gasteiger partial charge in [0.05, 0.1) is 13.2 Å². The molecule has 2 unspecified atom stereocenters. The van der Waals surface area contributed by atoms with Crippen molar-refractivity contribution < 1.29 is 19.1 Å². The lowest BCUT2D eigenvalue weighted by molar-refractivity contribution is -0.146. The summed E-state index contributed by atoms with van der Waals surface area (Å²) in [7, 11) is 2.03. The van der Waals surface area contributed by atoms with Crippen molar-refractivity contribution in [3.8, 4) is 0 Å². The molecule has 0 spiro atoms. The molecule has 0 saturated carbocycles. The van der Waals surface area contributed by atoms with Crippen LogP contribution in [-0.2, 0) is 19.1 Å². The first-order valence-corrected chi connectivity index (χ1v) is 21.7. The Morgan fingerprint density at radius 3 is 1.24 bits per heavy atom. The number of hydrogen-bond acceptors (Lipinski definition) is 6. The van der Waals surface area contributed by atoms with Gasteiger partial charge in [0.25, 0.3) is 0 Å². The van der Waals surface area contributed by atoms with Crippen molar-refractivity contribution in [2.75, 3.05) is 46.4 Å². The number of nitrogens with zero attached hydrogens (tertiary/aromatic N) is 1. The Morgan fingerprint density at radius 2 is 0.837 bits per heavy atom. The molecule has 0 aromatic heterocycles. The van der Waals surface area contributed by atoms with E-state index in [1.807, 2.05) is 7.05 Å². The average Bonchev–Trinajstić information content (AvgIpc) is 3.11. The van der Waals surface area contributed by atoms with Gasteiger partial charge in [0.15, 0.2) is 0 Å². The Kier molecular flexibility index (Phi) is 37.2. The van der Waals surface area contributed by atoms with Gasteiger partial charge in [-0.05, 0) is 83.3 Å². The largest absolute Gasteiger partial charge is 0.465 e. The van der Waals surface area contributed by atoms with Crippen molar-refractivity contribution in [3.05, 3.63) is 0 Å². The zero-order valence-corrected chi connectivity index (χ0v) is 33.8. The summed E-state index contributed by atoms with van der Waals surface area (Å²) >= 11 is 0. The number of carbonyl (C=O) groups excluding carboxylic acids is 2. The molecule has 0 fully saturated rings. The van der Waals surface area contributed by atoms with Gasteiger partial charge in [-0.3, -0.25) is 9.59 Å². The van der Waals surface area contributed by atoms with Gasteiger partial charge in [-0.2, -0.15) is 0 Å². The number of rotatable bonds is 39. The van der Waals surface area contributed by atoms with Crippen LogP contribution in [0.3, 0.4) is 0 Å². The van der Waals surface area contributed by atoms with E-state index in [9.17, 15) is 9.59 Å². The summed E-state index contributed by atoms with van der Waals surface area (Å²) in [6.45, 7) is 14.7. The minimum atomic E-state index is 0.00710. The van der Waals surface area contributed by atoms with Crippen molar-refractivity contribution in [2.45, 2.75) is 207 Å². The Morgan fingerprint density at radius 1 is 0.469 bits per heavy atom. The highest BCUT2D eigenvalue weighted by molar-refractivity contribution is 5.69. The predicted octanol–water partition coefficient (Wildman–Crippen LogP) is 11.8. The number of unbranched alkanes of at least 4 members (excludes halogenated alkanes) is 16. The Bertz CT molecular complexity index is 649. The maximum Gasteiger partial charge on any atom is 0.305 e. The molecule has 49 heavy (non-hydrogen) atoms. The molecule has 0 heterocycles. The Balaban J connectivity index is 4.01. The summed E-state index contributed by atoms with van der Waals surface area (Å²) in [5.41, 5.74) is 0. The Labute approximate surface area is 306 Å². The number of ether oxygens (including phenoxy) is 2. The van der Waals surface area contributed by atoms with Crippen molar-refractivity contribution in [2.24, 2.45) is 11.8 Å². The van der Waals surface area contributed by atoms with E-state index in [-0.39, 0.29) is 11.9 Å². The molecular formula is C43H86N2O4. The van der Waals surface area contributed by atoms with Crippen LogP contribution in [0.15, 0.2) is 0 Å². The maximum absolute atomic E-state index is 12.4. The van der Waals surface area contributed by atoms with E-state index in [4.69, 9.17) is 9.47 Å². The van der Waals surface area contributed by atoms with Gasteiger partial charge in [0.2, 0.25) is 0 Å². The highest BCUT2D eigenvalue weighted by Gasteiger charge is 2.13. The molecule has 0 rings (SSSR count). The van der Waals surface area contributed by atoms with Crippen LogP contribution in [0, 0.1) is 11.8 Å². The second-order valence-corrected chi connectivity index (χ2v) is 15.1. The molecule has 0 aliphatic rings. The van der Waals surface area contributed by atoms with E-state index < -0.39 is 0 Å². The van der Waals surface area contributed by atoms with Crippen LogP contribution in [0.2, 0.25) is 0 Å². The summed E-state index contributed by atoms with van der Waals surface area (Å²) < 4.78 is 11.4. The zero-order chi connectivity index (χ0) is 36.0. The molecule has 2 atom stereocenters. The molecule has 0 saturated heterocycles. The van der Waals surface area contributed by atoms with Gasteiger partial charge >= 0.3 is 11.9 Å². The van der Waals surface area contributed by atoms with E-state index in [1.54, 1.807) is 0 Å². The molecule has 0 aromatic carbocycles. The first-order chi connectivity index (χ1) is 24.0. The van der Waals surface area contributed by atoms with E-state index in [2.05, 4.69) is 37.9 Å². The fourth-order valence-electron chi connectivity index (χ4n) is 6.77. The smallest absolute Gasteiger partial charge is 0.305 e. The lowest BCUT2D eigenvalue weighted by Crippen LogP contribution is -2.32. The second-order valence-electron chi connectivity index (χ2n) is 15.1. The van der Waals surface area contributed by atoms with Crippen molar-refractivity contribution in [1.29, 1.82) is 0 Å². The molecule has 1 N–H and O–H groups in total. The van der Waals surface area contributed by atoms with Crippen LogP contribution in [0.4, 0.5) is 0 Å². The van der Waals surface area contributed by atoms with E-state index in [0.29, 0.717) is 37.9 Å². The van der Waals surface area contributed by atoms with Gasteiger partial charge in [-0.15, -0.1) is 0 Å². The van der Waals surface area contributed by atoms with Crippen molar-refractivity contribution in [3.63, 3.8) is 0 Å². The molecule has 6 heteroatoms. The lowest BCUT2D eigenvalue weighted by atomic mass is 9.96. The van der Waals surface area contributed by atoms with Gasteiger partial charge in [0, 0.05) is 25.9 Å². The van der Waals surface area contributed by atoms with E-state index in [1.165, 1.54) is 141 Å². The monoisotopic (exact) mass is 695 g/mol. The molecule has 0 aromatic rings. The van der Waals surface area contributed by atoms with Gasteiger partial charge in [0.1, 0.15) is 0 Å². The third-order valence-electron chi connectivity index (χ3n) is 10.2. The van der Waals surface area contributed by atoms with Crippen LogP contribution in [0.1, 0.15) is 207 Å². The molecule has 0 radical (unpaired) electrons. The van der Waals surface area contributed by atoms with Gasteiger partial charge in [-0.25, -0.2) is 0 Å². The Hall–Kier alpha value is -1.14. The van der Waals surface area contributed by atoms with E-state index in [0.717, 1.165) is 51.9 Å². The minimum absolute atomic E-state index is 0.00710. The second kappa shape index (κ2) is 38.1. The molecular weight excluding hydrogens is 608 g/mol. The van der Waals surface area contributed by atoms with Crippen LogP contribution >= 0.6 is 0 Å². The molecule has 0 bridgehead atoms. The highest BCUT2D eigenvalue weighted by atomic mass is 16.5. The van der Waals surface area contributed by atoms with E-state index >= 15 is 0 Å². The molecule has 292 valence electrons. The number of hydrogen-bond donors (Lipinski definition) is 1. The van der Waals surface area contributed by atoms with Crippen molar-refractivity contribution in [1.82, 2.24) is 10.2 Å².